The smallest absolute Gasteiger partial charge is 0.152 e. The first-order valence-corrected chi connectivity index (χ1v) is 6.85. The van der Waals surface area contributed by atoms with Gasteiger partial charge >= 0.3 is 0 Å². The Hall–Kier alpha value is -0.0900. The molecule has 0 unspecified atom stereocenters. The fourth-order valence-corrected chi connectivity index (χ4v) is 4.25. The van der Waals surface area contributed by atoms with Crippen molar-refractivity contribution >= 4 is 9.84 Å². The van der Waals surface area contributed by atoms with E-state index in [2.05, 4.69) is 5.32 Å². The van der Waals surface area contributed by atoms with Crippen LogP contribution in [0.2, 0.25) is 0 Å². The molecule has 2 fully saturated rings. The normalized spacial score (nSPS) is 38.8. The van der Waals surface area contributed by atoms with Gasteiger partial charge in [-0.2, -0.15) is 0 Å². The molecule has 0 bridgehead atoms. The second-order valence-corrected chi connectivity index (χ2v) is 6.61. The number of hydrogen-bond donors (Lipinski definition) is 1. The Bertz CT molecular complexity index is 282. The van der Waals surface area contributed by atoms with Gasteiger partial charge < -0.3 is 5.32 Å². The molecule has 0 radical (unpaired) electrons. The van der Waals surface area contributed by atoms with Crippen molar-refractivity contribution in [3.8, 4) is 0 Å². The maximum Gasteiger partial charge on any atom is 0.152 e. The molecule has 0 amide bonds. The van der Waals surface area contributed by atoms with Crippen molar-refractivity contribution in [2.24, 2.45) is 5.92 Å². The quantitative estimate of drug-likeness (QED) is 0.713. The topological polar surface area (TPSA) is 46.2 Å². The molecule has 0 aromatic carbocycles. The molecule has 13 heavy (non-hydrogen) atoms. The summed E-state index contributed by atoms with van der Waals surface area (Å²) in [5.74, 6) is 1.02. The highest BCUT2D eigenvalue weighted by atomic mass is 32.2. The van der Waals surface area contributed by atoms with Crippen molar-refractivity contribution in [1.82, 2.24) is 5.32 Å². The van der Waals surface area contributed by atoms with Crippen LogP contribution in [0.4, 0.5) is 0 Å². The molecule has 1 aliphatic carbocycles. The first-order valence-electron chi connectivity index (χ1n) is 5.03. The van der Waals surface area contributed by atoms with Gasteiger partial charge in [-0.15, -0.1) is 0 Å². The van der Waals surface area contributed by atoms with Gasteiger partial charge in [0.2, 0.25) is 0 Å². The summed E-state index contributed by atoms with van der Waals surface area (Å²) in [7, 11) is -2.74. The van der Waals surface area contributed by atoms with Crippen molar-refractivity contribution in [1.29, 1.82) is 0 Å². The van der Waals surface area contributed by atoms with Crippen LogP contribution in [0, 0.1) is 5.92 Å². The zero-order valence-corrected chi connectivity index (χ0v) is 8.81. The van der Waals surface area contributed by atoms with E-state index in [1.54, 1.807) is 0 Å². The van der Waals surface area contributed by atoms with Crippen LogP contribution in [-0.4, -0.2) is 32.0 Å². The number of nitrogens with one attached hydrogen (secondary N) is 1. The molecule has 76 valence electrons. The first-order chi connectivity index (χ1) is 6.07. The van der Waals surface area contributed by atoms with Crippen LogP contribution in [0.5, 0.6) is 0 Å². The predicted octanol–water partition coefficient (Wildman–Crippen LogP) is 0.562. The zero-order valence-electron chi connectivity index (χ0n) is 7.99. The molecule has 2 aliphatic rings. The summed E-state index contributed by atoms with van der Waals surface area (Å²) in [6.45, 7) is 2.03. The van der Waals surface area contributed by atoms with Gasteiger partial charge in [-0.25, -0.2) is 8.42 Å². The van der Waals surface area contributed by atoms with Gasteiger partial charge in [0, 0.05) is 12.1 Å². The summed E-state index contributed by atoms with van der Waals surface area (Å²) >= 11 is 0. The van der Waals surface area contributed by atoms with E-state index >= 15 is 0 Å². The van der Waals surface area contributed by atoms with E-state index in [0.717, 1.165) is 0 Å². The van der Waals surface area contributed by atoms with Gasteiger partial charge in [0.15, 0.2) is 9.84 Å². The molecular formula is C9H17NO2S. The molecule has 1 heterocycles. The molecule has 1 saturated heterocycles. The van der Waals surface area contributed by atoms with Crippen LogP contribution in [0.1, 0.15) is 26.2 Å². The number of hydrogen-bond acceptors (Lipinski definition) is 3. The molecule has 0 aromatic heterocycles. The van der Waals surface area contributed by atoms with E-state index in [1.165, 1.54) is 19.3 Å². The van der Waals surface area contributed by atoms with Crippen molar-refractivity contribution in [3.05, 3.63) is 0 Å². The highest BCUT2D eigenvalue weighted by Crippen LogP contribution is 2.24. The molecule has 2 rings (SSSR count). The summed E-state index contributed by atoms with van der Waals surface area (Å²) in [6.07, 6.45) is 3.75. The molecule has 1 N–H and O–H groups in total. The van der Waals surface area contributed by atoms with Crippen LogP contribution in [-0.2, 0) is 9.84 Å². The highest BCUT2D eigenvalue weighted by Gasteiger charge is 2.36. The fraction of sp³-hybridized carbons (Fsp3) is 1.00. The van der Waals surface area contributed by atoms with Gasteiger partial charge in [0.1, 0.15) is 0 Å². The van der Waals surface area contributed by atoms with Crippen LogP contribution >= 0.6 is 0 Å². The third-order valence-electron chi connectivity index (χ3n) is 3.19. The van der Waals surface area contributed by atoms with Crippen molar-refractivity contribution in [2.45, 2.75) is 38.3 Å². The number of sulfone groups is 1. The van der Waals surface area contributed by atoms with Crippen molar-refractivity contribution < 1.29 is 8.42 Å². The van der Waals surface area contributed by atoms with Crippen LogP contribution in [0.15, 0.2) is 0 Å². The lowest BCUT2D eigenvalue weighted by Gasteiger charge is -2.30. The monoisotopic (exact) mass is 203 g/mol. The minimum absolute atomic E-state index is 0.218. The first kappa shape index (κ1) is 9.46. The fourth-order valence-electron chi connectivity index (χ4n) is 2.11. The Balaban J connectivity index is 1.92. The summed E-state index contributed by atoms with van der Waals surface area (Å²) in [6, 6.07) is 0.816. The Morgan fingerprint density at radius 1 is 1.23 bits per heavy atom. The third-order valence-corrected chi connectivity index (χ3v) is 5.09. The second-order valence-electron chi connectivity index (χ2n) is 4.46. The maximum absolute atomic E-state index is 11.3. The van der Waals surface area contributed by atoms with E-state index in [9.17, 15) is 8.42 Å². The molecule has 3 nitrogen and oxygen atoms in total. The summed E-state index contributed by atoms with van der Waals surface area (Å²) in [5.41, 5.74) is 0. The van der Waals surface area contributed by atoms with Gasteiger partial charge in [-0.05, 0) is 18.8 Å². The maximum atomic E-state index is 11.3. The number of rotatable bonds is 2. The van der Waals surface area contributed by atoms with E-state index in [1.807, 2.05) is 6.92 Å². The third kappa shape index (κ3) is 2.05. The molecule has 2 atom stereocenters. The largest absolute Gasteiger partial charge is 0.310 e. The highest BCUT2D eigenvalue weighted by molar-refractivity contribution is 7.91. The molecule has 4 heteroatoms. The van der Waals surface area contributed by atoms with E-state index in [-0.39, 0.29) is 6.04 Å². The lowest BCUT2D eigenvalue weighted by molar-refractivity contribution is 0.290. The molecule has 0 aromatic rings. The Labute approximate surface area is 79.8 Å². The summed E-state index contributed by atoms with van der Waals surface area (Å²) < 4.78 is 22.6. The van der Waals surface area contributed by atoms with Gasteiger partial charge in [0.05, 0.1) is 11.5 Å². The van der Waals surface area contributed by atoms with Gasteiger partial charge in [0.25, 0.3) is 0 Å². The lowest BCUT2D eigenvalue weighted by atomic mass is 9.91. The molecule has 1 saturated carbocycles. The lowest BCUT2D eigenvalue weighted by Crippen LogP contribution is -2.45. The van der Waals surface area contributed by atoms with Crippen LogP contribution < -0.4 is 5.32 Å². The Morgan fingerprint density at radius 3 is 2.31 bits per heavy atom. The van der Waals surface area contributed by atoms with Gasteiger partial charge in [-0.1, -0.05) is 13.3 Å². The second kappa shape index (κ2) is 3.24. The standard InChI is InChI=1S/C9H17NO2S/c1-7-5-13(11,12)6-9(7)10-8-3-2-4-8/h7-10H,2-6H2,1H3/t7-,9+/m0/s1. The average molecular weight is 203 g/mol. The van der Waals surface area contributed by atoms with Crippen molar-refractivity contribution in [3.63, 3.8) is 0 Å². The van der Waals surface area contributed by atoms with Gasteiger partial charge in [-0.3, -0.25) is 0 Å². The molecule has 1 aliphatic heterocycles. The minimum Gasteiger partial charge on any atom is -0.310 e. The Kier molecular flexibility index (Phi) is 2.36. The van der Waals surface area contributed by atoms with E-state index in [0.29, 0.717) is 23.5 Å². The Morgan fingerprint density at radius 2 is 1.92 bits per heavy atom. The minimum atomic E-state index is -2.74. The summed E-state index contributed by atoms with van der Waals surface area (Å²) in [4.78, 5) is 0. The van der Waals surface area contributed by atoms with E-state index < -0.39 is 9.84 Å². The van der Waals surface area contributed by atoms with Crippen molar-refractivity contribution in [2.75, 3.05) is 11.5 Å². The molecule has 0 spiro atoms. The average Bonchev–Trinajstić information content (AvgIpc) is 2.16. The SMILES string of the molecule is C[C@H]1CS(=O)(=O)C[C@H]1NC1CCC1. The summed E-state index contributed by atoms with van der Waals surface area (Å²) in [5, 5.41) is 3.44. The predicted molar refractivity (Wildman–Crippen MR) is 52.4 cm³/mol. The zero-order chi connectivity index (χ0) is 9.47. The molecular weight excluding hydrogens is 186 g/mol. The van der Waals surface area contributed by atoms with Crippen LogP contribution in [0.3, 0.4) is 0 Å². The van der Waals surface area contributed by atoms with E-state index in [4.69, 9.17) is 0 Å². The van der Waals surface area contributed by atoms with Crippen LogP contribution in [0.25, 0.3) is 0 Å².